The van der Waals surface area contributed by atoms with Gasteiger partial charge in [-0.25, -0.2) is 8.42 Å². The molecule has 4 nitrogen and oxygen atoms in total. The lowest BCUT2D eigenvalue weighted by Crippen LogP contribution is -2.54. The molecule has 0 atom stereocenters. The highest BCUT2D eigenvalue weighted by Gasteiger charge is 2.40. The van der Waals surface area contributed by atoms with Gasteiger partial charge in [-0.1, -0.05) is 6.58 Å². The lowest BCUT2D eigenvalue weighted by molar-refractivity contribution is -0.126. The number of hydrogen-bond donors (Lipinski definition) is 0. The van der Waals surface area contributed by atoms with Gasteiger partial charge in [0.05, 0.1) is 10.5 Å². The van der Waals surface area contributed by atoms with E-state index < -0.39 is 14.6 Å². The van der Waals surface area contributed by atoms with Gasteiger partial charge in [0.2, 0.25) is 5.91 Å². The minimum Gasteiger partial charge on any atom is -0.337 e. The van der Waals surface area contributed by atoms with Crippen LogP contribution in [0.15, 0.2) is 12.7 Å². The number of carbonyl (C=O) groups excluding carboxylic acids is 1. The lowest BCUT2D eigenvalue weighted by atomic mass is 10.2. The van der Waals surface area contributed by atoms with Crippen molar-refractivity contribution in [2.24, 2.45) is 0 Å². The summed E-state index contributed by atoms with van der Waals surface area (Å²) in [6, 6.07) is 0. The van der Waals surface area contributed by atoms with Gasteiger partial charge in [0.25, 0.3) is 0 Å². The predicted molar refractivity (Wildman–Crippen MR) is 54.6 cm³/mol. The molecule has 0 spiro atoms. The van der Waals surface area contributed by atoms with Crippen LogP contribution >= 0.6 is 0 Å². The highest BCUT2D eigenvalue weighted by Crippen LogP contribution is 2.23. The Labute approximate surface area is 84.5 Å². The van der Waals surface area contributed by atoms with Crippen LogP contribution in [0.4, 0.5) is 0 Å². The smallest absolute Gasteiger partial charge is 0.246 e. The van der Waals surface area contributed by atoms with Crippen LogP contribution in [0.25, 0.3) is 0 Å². The minimum absolute atomic E-state index is 0.0412. The molecule has 5 heteroatoms. The van der Waals surface area contributed by atoms with Gasteiger partial charge in [-0.05, 0) is 19.9 Å². The van der Waals surface area contributed by atoms with E-state index in [1.54, 1.807) is 13.8 Å². The van der Waals surface area contributed by atoms with Crippen molar-refractivity contribution in [2.75, 3.05) is 18.8 Å². The molecule has 1 amide bonds. The number of amides is 1. The maximum atomic E-state index is 11.6. The van der Waals surface area contributed by atoms with Gasteiger partial charge in [-0.15, -0.1) is 0 Å². The summed E-state index contributed by atoms with van der Waals surface area (Å²) in [5.74, 6) is -0.160. The van der Waals surface area contributed by atoms with Crippen LogP contribution in [0.2, 0.25) is 0 Å². The van der Waals surface area contributed by atoms with Gasteiger partial charge < -0.3 is 4.90 Å². The maximum absolute atomic E-state index is 11.6. The standard InChI is InChI=1S/C9H15NO3S/c1-4-8(11)10-5-6-14(12,13)9(2,3)7-10/h4H,1,5-7H2,2-3H3. The Kier molecular flexibility index (Phi) is 2.71. The summed E-state index contributed by atoms with van der Waals surface area (Å²) in [6.45, 7) is 7.19. The quantitative estimate of drug-likeness (QED) is 0.590. The molecule has 80 valence electrons. The van der Waals surface area contributed by atoms with Crippen molar-refractivity contribution in [3.63, 3.8) is 0 Å². The van der Waals surface area contributed by atoms with Crippen molar-refractivity contribution in [2.45, 2.75) is 18.6 Å². The summed E-state index contributed by atoms with van der Waals surface area (Å²) < 4.78 is 22.3. The molecule has 0 aliphatic carbocycles. The van der Waals surface area contributed by atoms with E-state index in [-0.39, 0.29) is 24.7 Å². The summed E-state index contributed by atoms with van der Waals surface area (Å²) in [6.07, 6.45) is 1.22. The Morgan fingerprint density at radius 1 is 1.50 bits per heavy atom. The second kappa shape index (κ2) is 3.38. The molecule has 0 radical (unpaired) electrons. The third-order valence-corrected chi connectivity index (χ3v) is 5.06. The molecule has 1 saturated heterocycles. The van der Waals surface area contributed by atoms with Crippen LogP contribution in [-0.2, 0) is 14.6 Å². The van der Waals surface area contributed by atoms with Crippen LogP contribution in [0.1, 0.15) is 13.8 Å². The third-order valence-electron chi connectivity index (χ3n) is 2.53. The van der Waals surface area contributed by atoms with Crippen LogP contribution < -0.4 is 0 Å². The minimum atomic E-state index is -3.06. The molecule has 0 aromatic heterocycles. The topological polar surface area (TPSA) is 54.5 Å². The Bertz CT molecular complexity index is 356. The van der Waals surface area contributed by atoms with E-state index in [2.05, 4.69) is 6.58 Å². The Hall–Kier alpha value is -0.840. The number of nitrogens with zero attached hydrogens (tertiary/aromatic N) is 1. The highest BCUT2D eigenvalue weighted by atomic mass is 32.2. The van der Waals surface area contributed by atoms with Gasteiger partial charge in [-0.3, -0.25) is 4.79 Å². The molecule has 0 bridgehead atoms. The van der Waals surface area contributed by atoms with E-state index in [0.717, 1.165) is 0 Å². The molecule has 0 aromatic rings. The Balaban J connectivity index is 2.88. The Morgan fingerprint density at radius 2 is 2.07 bits per heavy atom. The molecule has 1 aliphatic rings. The monoisotopic (exact) mass is 217 g/mol. The van der Waals surface area contributed by atoms with Gasteiger partial charge in [0.1, 0.15) is 0 Å². The van der Waals surface area contributed by atoms with E-state index >= 15 is 0 Å². The molecule has 1 heterocycles. The Morgan fingerprint density at radius 3 is 2.50 bits per heavy atom. The van der Waals surface area contributed by atoms with Crippen LogP contribution in [0.3, 0.4) is 0 Å². The second-order valence-electron chi connectivity index (χ2n) is 4.04. The third kappa shape index (κ3) is 1.82. The zero-order chi connectivity index (χ0) is 11.0. The summed E-state index contributed by atoms with van der Waals surface area (Å²) in [4.78, 5) is 12.8. The first-order valence-electron chi connectivity index (χ1n) is 4.44. The first-order valence-corrected chi connectivity index (χ1v) is 6.09. The molecule has 0 N–H and O–H groups in total. The van der Waals surface area contributed by atoms with Gasteiger partial charge in [0, 0.05) is 13.1 Å². The fraction of sp³-hybridized carbons (Fsp3) is 0.667. The summed E-state index contributed by atoms with van der Waals surface area (Å²) in [5.41, 5.74) is 0. The zero-order valence-electron chi connectivity index (χ0n) is 8.49. The number of carbonyl (C=O) groups is 1. The largest absolute Gasteiger partial charge is 0.337 e. The SMILES string of the molecule is C=CC(=O)N1CCS(=O)(=O)C(C)(C)C1. The van der Waals surface area contributed by atoms with Crippen molar-refractivity contribution in [1.82, 2.24) is 4.90 Å². The molecule has 1 fully saturated rings. The molecule has 0 aromatic carbocycles. The number of rotatable bonds is 1. The first kappa shape index (κ1) is 11.2. The highest BCUT2D eigenvalue weighted by molar-refractivity contribution is 7.92. The maximum Gasteiger partial charge on any atom is 0.246 e. The molecule has 1 rings (SSSR count). The van der Waals surface area contributed by atoms with Crippen molar-refractivity contribution < 1.29 is 13.2 Å². The van der Waals surface area contributed by atoms with Gasteiger partial charge >= 0.3 is 0 Å². The van der Waals surface area contributed by atoms with Crippen LogP contribution in [-0.4, -0.2) is 42.8 Å². The normalized spacial score (nSPS) is 24.3. The molecule has 1 aliphatic heterocycles. The number of hydrogen-bond acceptors (Lipinski definition) is 3. The van der Waals surface area contributed by atoms with E-state index in [9.17, 15) is 13.2 Å². The molecule has 0 saturated carbocycles. The molecule has 0 unspecified atom stereocenters. The number of sulfone groups is 1. The van der Waals surface area contributed by atoms with Gasteiger partial charge in [-0.2, -0.15) is 0 Å². The van der Waals surface area contributed by atoms with Crippen molar-refractivity contribution in [1.29, 1.82) is 0 Å². The van der Waals surface area contributed by atoms with Crippen molar-refractivity contribution in [3.8, 4) is 0 Å². The first-order chi connectivity index (χ1) is 6.30. The summed E-state index contributed by atoms with van der Waals surface area (Å²) in [5, 5.41) is 0. The molecular formula is C9H15NO3S. The fourth-order valence-corrected chi connectivity index (χ4v) is 2.83. The zero-order valence-corrected chi connectivity index (χ0v) is 9.30. The van der Waals surface area contributed by atoms with Crippen LogP contribution in [0, 0.1) is 0 Å². The average Bonchev–Trinajstić information content (AvgIpc) is 2.08. The van der Waals surface area contributed by atoms with E-state index in [0.29, 0.717) is 0 Å². The van der Waals surface area contributed by atoms with E-state index in [1.807, 2.05) is 0 Å². The summed E-state index contributed by atoms with van der Waals surface area (Å²) >= 11 is 0. The van der Waals surface area contributed by atoms with E-state index in [1.165, 1.54) is 11.0 Å². The van der Waals surface area contributed by atoms with Gasteiger partial charge in [0.15, 0.2) is 9.84 Å². The molecule has 14 heavy (non-hydrogen) atoms. The second-order valence-corrected chi connectivity index (χ2v) is 6.79. The van der Waals surface area contributed by atoms with Crippen LogP contribution in [0.5, 0.6) is 0 Å². The average molecular weight is 217 g/mol. The van der Waals surface area contributed by atoms with Crippen molar-refractivity contribution in [3.05, 3.63) is 12.7 Å². The lowest BCUT2D eigenvalue weighted by Gasteiger charge is -2.37. The van der Waals surface area contributed by atoms with E-state index in [4.69, 9.17) is 0 Å². The fourth-order valence-electron chi connectivity index (χ4n) is 1.46. The molecular weight excluding hydrogens is 202 g/mol. The predicted octanol–water partition coefficient (Wildman–Crippen LogP) is 0.208. The summed E-state index contributed by atoms with van der Waals surface area (Å²) in [7, 11) is -3.06. The van der Waals surface area contributed by atoms with Crippen molar-refractivity contribution >= 4 is 15.7 Å².